The van der Waals surface area contributed by atoms with E-state index in [0.717, 1.165) is 23.0 Å². The van der Waals surface area contributed by atoms with Crippen LogP contribution in [0.4, 0.5) is 5.69 Å². The third kappa shape index (κ3) is 3.53. The molecule has 0 atom stereocenters. The van der Waals surface area contributed by atoms with Crippen LogP contribution in [0.3, 0.4) is 0 Å². The first kappa shape index (κ1) is 17.6. The minimum atomic E-state index is -0.981. The van der Waals surface area contributed by atoms with Gasteiger partial charge in [-0.3, -0.25) is 4.79 Å². The molecular weight excluding hydrogens is 354 g/mol. The number of pyridine rings is 1. The topological polar surface area (TPSA) is 98.0 Å². The molecular formula is C22H19N3O3. The number of carboxylic acids is 1. The Morgan fingerprint density at radius 2 is 1.86 bits per heavy atom. The van der Waals surface area contributed by atoms with Crippen molar-refractivity contribution in [3.63, 3.8) is 0 Å². The van der Waals surface area contributed by atoms with E-state index in [1.54, 1.807) is 30.5 Å². The van der Waals surface area contributed by atoms with E-state index in [1.165, 1.54) is 5.56 Å². The van der Waals surface area contributed by atoms with Crippen molar-refractivity contribution >= 4 is 22.6 Å². The van der Waals surface area contributed by atoms with Gasteiger partial charge in [0, 0.05) is 23.6 Å². The van der Waals surface area contributed by atoms with Crippen LogP contribution in [0.5, 0.6) is 0 Å². The van der Waals surface area contributed by atoms with Gasteiger partial charge in [0.2, 0.25) is 0 Å². The van der Waals surface area contributed by atoms with Gasteiger partial charge in [-0.2, -0.15) is 0 Å². The lowest BCUT2D eigenvalue weighted by Gasteiger charge is -2.10. The van der Waals surface area contributed by atoms with E-state index in [2.05, 4.69) is 27.4 Å². The van der Waals surface area contributed by atoms with Crippen LogP contribution in [0.15, 0.2) is 71.7 Å². The van der Waals surface area contributed by atoms with Crippen molar-refractivity contribution in [3.8, 4) is 11.3 Å². The van der Waals surface area contributed by atoms with Gasteiger partial charge in [-0.1, -0.05) is 30.3 Å². The van der Waals surface area contributed by atoms with Crippen LogP contribution < -0.4 is 10.9 Å². The first-order valence-corrected chi connectivity index (χ1v) is 8.98. The number of aromatic carboxylic acids is 1. The molecule has 2 aromatic heterocycles. The molecule has 0 aliphatic rings. The van der Waals surface area contributed by atoms with Gasteiger partial charge in [0.05, 0.1) is 22.5 Å². The van der Waals surface area contributed by atoms with E-state index in [9.17, 15) is 14.7 Å². The molecule has 0 aliphatic heterocycles. The second kappa shape index (κ2) is 7.44. The summed E-state index contributed by atoms with van der Waals surface area (Å²) < 4.78 is 0. The van der Waals surface area contributed by atoms with Crippen LogP contribution in [0.1, 0.15) is 15.9 Å². The summed E-state index contributed by atoms with van der Waals surface area (Å²) in [6, 6.07) is 18.6. The van der Waals surface area contributed by atoms with Crippen molar-refractivity contribution in [1.29, 1.82) is 0 Å². The molecule has 0 aliphatic carbocycles. The normalized spacial score (nSPS) is 10.9. The molecule has 0 saturated heterocycles. The van der Waals surface area contributed by atoms with E-state index >= 15 is 0 Å². The SMILES string of the molecule is O=C(O)c1ccc2[nH]c(-c3c(NCCc4ccccc4)cc[nH]c3=O)cc2c1. The zero-order chi connectivity index (χ0) is 19.5. The largest absolute Gasteiger partial charge is 0.478 e. The molecule has 6 nitrogen and oxygen atoms in total. The number of benzene rings is 2. The number of aromatic nitrogens is 2. The highest BCUT2D eigenvalue weighted by atomic mass is 16.4. The van der Waals surface area contributed by atoms with Crippen molar-refractivity contribution in [3.05, 3.63) is 88.3 Å². The minimum absolute atomic E-state index is 0.209. The van der Waals surface area contributed by atoms with Crippen LogP contribution in [-0.4, -0.2) is 27.6 Å². The summed E-state index contributed by atoms with van der Waals surface area (Å²) >= 11 is 0. The summed E-state index contributed by atoms with van der Waals surface area (Å²) in [5, 5.41) is 13.3. The Kier molecular flexibility index (Phi) is 4.68. The lowest BCUT2D eigenvalue weighted by atomic mass is 10.1. The molecule has 0 amide bonds. The number of hydrogen-bond acceptors (Lipinski definition) is 3. The third-order valence-electron chi connectivity index (χ3n) is 4.67. The Morgan fingerprint density at radius 1 is 1.04 bits per heavy atom. The summed E-state index contributed by atoms with van der Waals surface area (Å²) in [7, 11) is 0. The molecule has 0 unspecified atom stereocenters. The molecule has 0 saturated carbocycles. The average molecular weight is 373 g/mol. The molecule has 0 spiro atoms. The molecule has 0 bridgehead atoms. The van der Waals surface area contributed by atoms with Crippen molar-refractivity contribution < 1.29 is 9.90 Å². The fourth-order valence-electron chi connectivity index (χ4n) is 3.28. The predicted molar refractivity (Wildman–Crippen MR) is 110 cm³/mol. The number of rotatable bonds is 6. The summed E-state index contributed by atoms with van der Waals surface area (Å²) in [5.74, 6) is -0.981. The molecule has 6 heteroatoms. The fraction of sp³-hybridized carbons (Fsp3) is 0.0909. The highest BCUT2D eigenvalue weighted by Gasteiger charge is 2.13. The number of anilines is 1. The molecule has 0 radical (unpaired) electrons. The highest BCUT2D eigenvalue weighted by molar-refractivity contribution is 5.95. The fourth-order valence-corrected chi connectivity index (χ4v) is 3.28. The summed E-state index contributed by atoms with van der Waals surface area (Å²) in [5.41, 5.74) is 3.86. The standard InChI is InChI=1S/C22H19N3O3/c26-21-20(19-13-16-12-15(22(27)28)6-7-17(16)25-19)18(9-11-24-21)23-10-8-14-4-2-1-3-5-14/h1-7,9,11-13,25H,8,10H2,(H,27,28)(H2,23,24,26). The summed E-state index contributed by atoms with van der Waals surface area (Å²) in [6.45, 7) is 0.684. The minimum Gasteiger partial charge on any atom is -0.478 e. The first-order chi connectivity index (χ1) is 13.6. The molecule has 2 heterocycles. The maximum atomic E-state index is 12.5. The van der Waals surface area contributed by atoms with Crippen LogP contribution in [0, 0.1) is 0 Å². The second-order valence-corrected chi connectivity index (χ2v) is 6.55. The Bertz CT molecular complexity index is 1190. The second-order valence-electron chi connectivity index (χ2n) is 6.55. The number of aromatic amines is 2. The lowest BCUT2D eigenvalue weighted by molar-refractivity contribution is 0.0697. The number of H-pyrrole nitrogens is 2. The van der Waals surface area contributed by atoms with Gasteiger partial charge in [-0.05, 0) is 42.3 Å². The number of carbonyl (C=O) groups is 1. The quantitative estimate of drug-likeness (QED) is 0.412. The van der Waals surface area contributed by atoms with E-state index in [-0.39, 0.29) is 11.1 Å². The predicted octanol–water partition coefficient (Wildman–Crippen LogP) is 3.88. The van der Waals surface area contributed by atoms with Crippen molar-refractivity contribution in [1.82, 2.24) is 9.97 Å². The molecule has 2 aromatic carbocycles. The number of hydrogen-bond donors (Lipinski definition) is 4. The van der Waals surface area contributed by atoms with Gasteiger partial charge in [0.25, 0.3) is 5.56 Å². The van der Waals surface area contributed by atoms with Crippen LogP contribution in [-0.2, 0) is 6.42 Å². The monoisotopic (exact) mass is 373 g/mol. The highest BCUT2D eigenvalue weighted by Crippen LogP contribution is 2.27. The molecule has 140 valence electrons. The van der Waals surface area contributed by atoms with E-state index in [1.807, 2.05) is 24.3 Å². The third-order valence-corrected chi connectivity index (χ3v) is 4.67. The molecule has 0 fully saturated rings. The zero-order valence-corrected chi connectivity index (χ0v) is 15.0. The Morgan fingerprint density at radius 3 is 2.64 bits per heavy atom. The molecule has 28 heavy (non-hydrogen) atoms. The summed E-state index contributed by atoms with van der Waals surface area (Å²) in [6.07, 6.45) is 2.45. The van der Waals surface area contributed by atoms with Crippen molar-refractivity contribution in [2.45, 2.75) is 6.42 Å². The first-order valence-electron chi connectivity index (χ1n) is 8.98. The van der Waals surface area contributed by atoms with Gasteiger partial charge in [-0.25, -0.2) is 4.79 Å². The van der Waals surface area contributed by atoms with Gasteiger partial charge < -0.3 is 20.4 Å². The maximum Gasteiger partial charge on any atom is 0.335 e. The van der Waals surface area contributed by atoms with Gasteiger partial charge in [0.15, 0.2) is 0 Å². The number of carboxylic acid groups (broad SMARTS) is 1. The van der Waals surface area contributed by atoms with E-state index in [0.29, 0.717) is 17.8 Å². The maximum absolute atomic E-state index is 12.5. The van der Waals surface area contributed by atoms with Gasteiger partial charge in [0.1, 0.15) is 0 Å². The smallest absolute Gasteiger partial charge is 0.335 e. The van der Waals surface area contributed by atoms with Crippen molar-refractivity contribution in [2.75, 3.05) is 11.9 Å². The Labute approximate surface area is 160 Å². The molecule has 4 aromatic rings. The van der Waals surface area contributed by atoms with Crippen molar-refractivity contribution in [2.24, 2.45) is 0 Å². The number of nitrogens with one attached hydrogen (secondary N) is 3. The lowest BCUT2D eigenvalue weighted by Crippen LogP contribution is -2.14. The van der Waals surface area contributed by atoms with E-state index in [4.69, 9.17) is 0 Å². The summed E-state index contributed by atoms with van der Waals surface area (Å²) in [4.78, 5) is 29.6. The Hall–Kier alpha value is -3.80. The Balaban J connectivity index is 1.65. The number of fused-ring (bicyclic) bond motifs is 1. The van der Waals surface area contributed by atoms with Crippen LogP contribution in [0.25, 0.3) is 22.2 Å². The van der Waals surface area contributed by atoms with Crippen LogP contribution >= 0.6 is 0 Å². The molecule has 4 rings (SSSR count). The molecule has 4 N–H and O–H groups in total. The zero-order valence-electron chi connectivity index (χ0n) is 15.0. The van der Waals surface area contributed by atoms with E-state index < -0.39 is 5.97 Å². The average Bonchev–Trinajstić information content (AvgIpc) is 3.11. The van der Waals surface area contributed by atoms with Gasteiger partial charge >= 0.3 is 5.97 Å². The van der Waals surface area contributed by atoms with Gasteiger partial charge in [-0.15, -0.1) is 0 Å². The van der Waals surface area contributed by atoms with Crippen LogP contribution in [0.2, 0.25) is 0 Å².